The Bertz CT molecular complexity index is 1660. The number of halogens is 2. The van der Waals surface area contributed by atoms with Gasteiger partial charge in [0.25, 0.3) is 0 Å². The van der Waals surface area contributed by atoms with E-state index in [4.69, 9.17) is 27.9 Å². The molecular formula is C28H27Cl2N5O6S. The first-order valence-electron chi connectivity index (χ1n) is 12.9. The van der Waals surface area contributed by atoms with Crippen molar-refractivity contribution in [3.05, 3.63) is 87.9 Å². The van der Waals surface area contributed by atoms with Crippen molar-refractivity contribution in [2.75, 3.05) is 30.8 Å². The van der Waals surface area contributed by atoms with Gasteiger partial charge in [0.15, 0.2) is 5.60 Å². The van der Waals surface area contributed by atoms with Gasteiger partial charge in [0.05, 0.1) is 17.3 Å². The minimum atomic E-state index is -4.30. The van der Waals surface area contributed by atoms with E-state index in [1.54, 1.807) is 42.5 Å². The van der Waals surface area contributed by atoms with Crippen LogP contribution < -0.4 is 20.7 Å². The van der Waals surface area contributed by atoms with Gasteiger partial charge in [-0.3, -0.25) is 10.1 Å². The molecule has 0 saturated carbocycles. The molecule has 2 atom stereocenters. The fraction of sp³-hybridized carbons (Fsp3) is 0.250. The van der Waals surface area contributed by atoms with Crippen molar-refractivity contribution in [2.45, 2.75) is 29.4 Å². The number of urea groups is 1. The minimum Gasteiger partial charge on any atom is -0.436 e. The van der Waals surface area contributed by atoms with E-state index in [0.717, 1.165) is 5.56 Å². The topological polar surface area (TPSA) is 146 Å². The number of benzene rings is 3. The third-order valence-electron chi connectivity index (χ3n) is 7.13. The molecule has 3 aromatic rings. The number of sulfonamides is 1. The van der Waals surface area contributed by atoms with Gasteiger partial charge in [0.1, 0.15) is 10.9 Å². The number of hydrogen-bond acceptors (Lipinski definition) is 6. The molecule has 4 amide bonds. The fourth-order valence-corrected chi connectivity index (χ4v) is 7.04. The predicted octanol–water partition coefficient (Wildman–Crippen LogP) is 4.32. The molecule has 11 nitrogen and oxygen atoms in total. The van der Waals surface area contributed by atoms with E-state index in [1.807, 2.05) is 6.07 Å². The maximum absolute atomic E-state index is 14.0. The van der Waals surface area contributed by atoms with Crippen molar-refractivity contribution in [1.29, 1.82) is 0 Å². The number of nitrogens with one attached hydrogen (secondary N) is 4. The summed E-state index contributed by atoms with van der Waals surface area (Å²) in [7, 11) is -2.86. The second-order valence-electron chi connectivity index (χ2n) is 9.92. The van der Waals surface area contributed by atoms with Crippen molar-refractivity contribution in [2.24, 2.45) is 0 Å². The summed E-state index contributed by atoms with van der Waals surface area (Å²) >= 11 is 12.6. The molecule has 3 aromatic carbocycles. The Balaban J connectivity index is 1.42. The zero-order chi connectivity index (χ0) is 30.1. The molecule has 2 heterocycles. The standard InChI is InChI=1S/C28H27Cl2N5O6S/c1-31-26(37)32-19-8-10-24(21(30)15-19)42(39,40)34-23(13-17-5-3-2-4-6-17)25(36)35-12-11-28(16-35)20-14-18(29)7-9-22(20)33-27(38)41-28/h2-10,14-15,23,34H,11-13,16H2,1H3,(H,33,38)(H2,31,32,37)/t23-,28?/m0/s1. The molecule has 220 valence electrons. The van der Waals surface area contributed by atoms with Crippen LogP contribution in [0, 0.1) is 0 Å². The van der Waals surface area contributed by atoms with E-state index in [9.17, 15) is 22.8 Å². The van der Waals surface area contributed by atoms with Crippen LogP contribution in [-0.2, 0) is 31.6 Å². The molecule has 5 rings (SSSR count). The third-order valence-corrected chi connectivity index (χ3v) is 9.31. The lowest BCUT2D eigenvalue weighted by atomic mass is 9.90. The second-order valence-corrected chi connectivity index (χ2v) is 12.4. The minimum absolute atomic E-state index is 0.0141. The molecule has 0 radical (unpaired) electrons. The van der Waals surface area contributed by atoms with E-state index in [0.29, 0.717) is 22.7 Å². The van der Waals surface area contributed by atoms with Crippen molar-refractivity contribution < 1.29 is 27.5 Å². The monoisotopic (exact) mass is 631 g/mol. The molecule has 1 fully saturated rings. The number of rotatable bonds is 7. The van der Waals surface area contributed by atoms with Crippen LogP contribution in [-0.4, -0.2) is 57.5 Å². The first-order valence-corrected chi connectivity index (χ1v) is 15.2. The van der Waals surface area contributed by atoms with E-state index in [2.05, 4.69) is 20.7 Å². The Hall–Kier alpha value is -3.84. The first kappa shape index (κ1) is 29.6. The number of fused-ring (bicyclic) bond motifs is 2. The van der Waals surface area contributed by atoms with Crippen molar-refractivity contribution >= 4 is 62.6 Å². The fourth-order valence-electron chi connectivity index (χ4n) is 5.13. The molecule has 1 unspecified atom stereocenters. The summed E-state index contributed by atoms with van der Waals surface area (Å²) in [4.78, 5) is 39.2. The number of carbonyl (C=O) groups excluding carboxylic acids is 3. The third kappa shape index (κ3) is 6.16. The van der Waals surface area contributed by atoms with Crippen LogP contribution in [0.5, 0.6) is 0 Å². The average Bonchev–Trinajstić information content (AvgIpc) is 3.37. The van der Waals surface area contributed by atoms with Crippen LogP contribution in [0.3, 0.4) is 0 Å². The number of anilines is 2. The number of amides is 4. The van der Waals surface area contributed by atoms with Gasteiger partial charge in [-0.25, -0.2) is 18.0 Å². The van der Waals surface area contributed by atoms with Gasteiger partial charge >= 0.3 is 12.1 Å². The molecule has 1 spiro atoms. The SMILES string of the molecule is CNC(=O)Nc1ccc(S(=O)(=O)N[C@@H](Cc2ccccc2)C(=O)N2CCC3(C2)OC(=O)Nc2ccc(Cl)cc23)c(Cl)c1. The van der Waals surface area contributed by atoms with Crippen LogP contribution in [0.4, 0.5) is 21.0 Å². The van der Waals surface area contributed by atoms with Crippen molar-refractivity contribution in [3.63, 3.8) is 0 Å². The van der Waals surface area contributed by atoms with E-state index in [-0.39, 0.29) is 35.1 Å². The smallest absolute Gasteiger partial charge is 0.412 e. The predicted molar refractivity (Wildman–Crippen MR) is 158 cm³/mol. The van der Waals surface area contributed by atoms with Crippen LogP contribution in [0.15, 0.2) is 71.6 Å². The van der Waals surface area contributed by atoms with E-state index in [1.165, 1.54) is 30.1 Å². The molecule has 0 aromatic heterocycles. The quantitative estimate of drug-likeness (QED) is 0.305. The Morgan fingerprint density at radius 2 is 1.86 bits per heavy atom. The zero-order valence-corrected chi connectivity index (χ0v) is 24.6. The maximum Gasteiger partial charge on any atom is 0.412 e. The van der Waals surface area contributed by atoms with Crippen LogP contribution >= 0.6 is 23.2 Å². The number of likely N-dealkylation sites (tertiary alicyclic amines) is 1. The maximum atomic E-state index is 14.0. The summed E-state index contributed by atoms with van der Waals surface area (Å²) in [6.45, 7) is 0.228. The number of carbonyl (C=O) groups is 3. The second kappa shape index (κ2) is 11.8. The highest BCUT2D eigenvalue weighted by atomic mass is 35.5. The van der Waals surface area contributed by atoms with Crippen LogP contribution in [0.1, 0.15) is 17.5 Å². The molecule has 14 heteroatoms. The largest absolute Gasteiger partial charge is 0.436 e. The lowest BCUT2D eigenvalue weighted by Gasteiger charge is -2.35. The number of ether oxygens (including phenoxy) is 1. The average molecular weight is 633 g/mol. The first-order chi connectivity index (χ1) is 20.0. The molecular weight excluding hydrogens is 605 g/mol. The van der Waals surface area contributed by atoms with E-state index < -0.39 is 39.7 Å². The Labute approximate surface area is 252 Å². The molecule has 4 N–H and O–H groups in total. The highest BCUT2D eigenvalue weighted by Gasteiger charge is 2.49. The van der Waals surface area contributed by atoms with Gasteiger partial charge in [-0.2, -0.15) is 4.72 Å². The van der Waals surface area contributed by atoms with Gasteiger partial charge in [0, 0.05) is 36.3 Å². The van der Waals surface area contributed by atoms with Gasteiger partial charge in [0.2, 0.25) is 15.9 Å². The lowest BCUT2D eigenvalue weighted by molar-refractivity contribution is -0.133. The summed E-state index contributed by atoms with van der Waals surface area (Å²) in [5.74, 6) is -0.494. The Morgan fingerprint density at radius 3 is 2.57 bits per heavy atom. The molecule has 1 saturated heterocycles. The van der Waals surface area contributed by atoms with Crippen molar-refractivity contribution in [3.8, 4) is 0 Å². The Morgan fingerprint density at radius 1 is 1.10 bits per heavy atom. The summed E-state index contributed by atoms with van der Waals surface area (Å²) in [5.41, 5.74) is 1.06. The van der Waals surface area contributed by atoms with Gasteiger partial charge in [-0.1, -0.05) is 53.5 Å². The van der Waals surface area contributed by atoms with Crippen LogP contribution in [0.2, 0.25) is 10.0 Å². The van der Waals surface area contributed by atoms with Gasteiger partial charge < -0.3 is 20.3 Å². The summed E-state index contributed by atoms with van der Waals surface area (Å²) in [6.07, 6.45) is -0.291. The highest BCUT2D eigenvalue weighted by molar-refractivity contribution is 7.89. The summed E-state index contributed by atoms with van der Waals surface area (Å²) in [6, 6.07) is 16.2. The highest BCUT2D eigenvalue weighted by Crippen LogP contribution is 2.44. The lowest BCUT2D eigenvalue weighted by Crippen LogP contribution is -2.50. The normalized spacial score (nSPS) is 18.5. The molecule has 0 bridgehead atoms. The number of nitrogens with zero attached hydrogens (tertiary/aromatic N) is 1. The zero-order valence-electron chi connectivity index (χ0n) is 22.3. The molecule has 2 aliphatic heterocycles. The van der Waals surface area contributed by atoms with Gasteiger partial charge in [-0.05, 0) is 48.4 Å². The van der Waals surface area contributed by atoms with Gasteiger partial charge in [-0.15, -0.1) is 0 Å². The summed E-state index contributed by atoms with van der Waals surface area (Å²) < 4.78 is 35.4. The molecule has 42 heavy (non-hydrogen) atoms. The molecule has 0 aliphatic carbocycles. The van der Waals surface area contributed by atoms with Crippen molar-refractivity contribution in [1.82, 2.24) is 14.9 Å². The Kier molecular flexibility index (Phi) is 8.33. The summed E-state index contributed by atoms with van der Waals surface area (Å²) in [5, 5.41) is 7.88. The van der Waals surface area contributed by atoms with Crippen LogP contribution in [0.25, 0.3) is 0 Å². The number of hydrogen-bond donors (Lipinski definition) is 4. The van der Waals surface area contributed by atoms with E-state index >= 15 is 0 Å². The molecule has 2 aliphatic rings.